The third-order valence-corrected chi connectivity index (χ3v) is 4.77. The van der Waals surface area contributed by atoms with E-state index in [4.69, 9.17) is 9.47 Å². The molecule has 0 amide bonds. The minimum absolute atomic E-state index is 0.386. The second-order valence-corrected chi connectivity index (χ2v) is 7.03. The second kappa shape index (κ2) is 8.71. The van der Waals surface area contributed by atoms with Gasteiger partial charge in [0.15, 0.2) is 11.5 Å². The van der Waals surface area contributed by atoms with Gasteiger partial charge in [-0.1, -0.05) is 42.0 Å². The van der Waals surface area contributed by atoms with Gasteiger partial charge in [-0.2, -0.15) is 5.10 Å². The molecule has 0 aliphatic rings. The lowest BCUT2D eigenvalue weighted by Crippen LogP contribution is -2.32. The molecule has 3 aromatic carbocycles. The minimum Gasteiger partial charge on any atom is -0.493 e. The molecule has 0 atom stereocenters. The van der Waals surface area contributed by atoms with Crippen LogP contribution in [-0.4, -0.2) is 23.0 Å². The Morgan fingerprint density at radius 3 is 2.65 bits per heavy atom. The van der Waals surface area contributed by atoms with Crippen LogP contribution in [0.3, 0.4) is 0 Å². The maximum Gasteiger partial charge on any atom is 0.349 e. The fourth-order valence-corrected chi connectivity index (χ4v) is 3.23. The number of fused-ring (bicyclic) bond motifs is 1. The van der Waals surface area contributed by atoms with Crippen molar-refractivity contribution in [3.63, 3.8) is 0 Å². The van der Waals surface area contributed by atoms with Crippen LogP contribution in [0.1, 0.15) is 16.7 Å². The topological polar surface area (TPSA) is 85.7 Å². The molecule has 4 aromatic rings. The molecule has 0 unspecified atom stereocenters. The SMILES string of the molecule is COc1cc(C=Nn2c(=O)[nH]c3ccccc3c2=O)ccc1OCc1cccc(C)c1. The van der Waals surface area contributed by atoms with Crippen LogP contribution in [0, 0.1) is 6.92 Å². The van der Waals surface area contributed by atoms with E-state index in [1.54, 1.807) is 49.6 Å². The lowest BCUT2D eigenvalue weighted by atomic mass is 10.1. The molecular weight excluding hydrogens is 394 g/mol. The average Bonchev–Trinajstić information content (AvgIpc) is 2.78. The zero-order valence-corrected chi connectivity index (χ0v) is 17.2. The van der Waals surface area contributed by atoms with E-state index < -0.39 is 11.2 Å². The standard InChI is InChI=1S/C24H21N3O4/c1-16-6-5-7-18(12-16)15-31-21-11-10-17(13-22(21)30-2)14-25-27-23(28)19-8-3-4-9-20(19)26-24(27)29/h3-14H,15H2,1-2H3,(H,26,29). The van der Waals surface area contributed by atoms with Crippen LogP contribution in [0.4, 0.5) is 0 Å². The van der Waals surface area contributed by atoms with Gasteiger partial charge in [-0.05, 0) is 48.4 Å². The number of methoxy groups -OCH3 is 1. The molecule has 0 aliphatic heterocycles. The maximum absolute atomic E-state index is 12.6. The van der Waals surface area contributed by atoms with Crippen molar-refractivity contribution in [2.45, 2.75) is 13.5 Å². The summed E-state index contributed by atoms with van der Waals surface area (Å²) in [4.78, 5) is 27.5. The Morgan fingerprint density at radius 1 is 1.00 bits per heavy atom. The van der Waals surface area contributed by atoms with Gasteiger partial charge in [0.2, 0.25) is 0 Å². The van der Waals surface area contributed by atoms with E-state index in [9.17, 15) is 9.59 Å². The maximum atomic E-state index is 12.6. The normalized spacial score (nSPS) is 11.2. The van der Waals surface area contributed by atoms with Crippen molar-refractivity contribution < 1.29 is 9.47 Å². The number of para-hydroxylation sites is 1. The summed E-state index contributed by atoms with van der Waals surface area (Å²) in [5.74, 6) is 1.11. The first-order valence-corrected chi connectivity index (χ1v) is 9.70. The van der Waals surface area contributed by atoms with E-state index in [0.29, 0.717) is 34.6 Å². The number of nitrogens with one attached hydrogen (secondary N) is 1. The molecule has 0 radical (unpaired) electrons. The molecule has 0 saturated heterocycles. The van der Waals surface area contributed by atoms with Crippen molar-refractivity contribution in [2.24, 2.45) is 5.10 Å². The van der Waals surface area contributed by atoms with Crippen molar-refractivity contribution in [3.05, 3.63) is 104 Å². The Morgan fingerprint density at radius 2 is 1.84 bits per heavy atom. The van der Waals surface area contributed by atoms with Crippen molar-refractivity contribution in [2.75, 3.05) is 7.11 Å². The van der Waals surface area contributed by atoms with Gasteiger partial charge in [0, 0.05) is 0 Å². The number of hydrogen-bond donors (Lipinski definition) is 1. The lowest BCUT2D eigenvalue weighted by Gasteiger charge is -2.11. The van der Waals surface area contributed by atoms with E-state index in [0.717, 1.165) is 10.2 Å². The van der Waals surface area contributed by atoms with Gasteiger partial charge in [0.1, 0.15) is 6.61 Å². The Balaban J connectivity index is 1.58. The number of nitrogens with zero attached hydrogens (tertiary/aromatic N) is 2. The highest BCUT2D eigenvalue weighted by Gasteiger charge is 2.08. The van der Waals surface area contributed by atoms with Crippen molar-refractivity contribution in [1.82, 2.24) is 9.66 Å². The predicted octanol–water partition coefficient (Wildman–Crippen LogP) is 3.47. The van der Waals surface area contributed by atoms with Crippen molar-refractivity contribution >= 4 is 17.1 Å². The number of ether oxygens (including phenoxy) is 2. The Labute approximate surface area is 178 Å². The summed E-state index contributed by atoms with van der Waals surface area (Å²) in [7, 11) is 1.55. The lowest BCUT2D eigenvalue weighted by molar-refractivity contribution is 0.284. The zero-order valence-electron chi connectivity index (χ0n) is 17.2. The molecule has 0 spiro atoms. The Bertz CT molecular complexity index is 1390. The number of benzene rings is 3. The summed E-state index contributed by atoms with van der Waals surface area (Å²) in [6.07, 6.45) is 1.43. The molecule has 1 N–H and O–H groups in total. The quantitative estimate of drug-likeness (QED) is 0.489. The van der Waals surface area contributed by atoms with Crippen LogP contribution >= 0.6 is 0 Å². The van der Waals surface area contributed by atoms with Crippen LogP contribution in [0.5, 0.6) is 11.5 Å². The molecule has 4 rings (SSSR count). The smallest absolute Gasteiger partial charge is 0.349 e. The number of aryl methyl sites for hydroxylation is 1. The molecule has 1 aromatic heterocycles. The van der Waals surface area contributed by atoms with E-state index >= 15 is 0 Å². The summed E-state index contributed by atoms with van der Waals surface area (Å²) in [6.45, 7) is 2.44. The first-order valence-electron chi connectivity index (χ1n) is 9.70. The average molecular weight is 415 g/mol. The number of hydrogen-bond acceptors (Lipinski definition) is 5. The second-order valence-electron chi connectivity index (χ2n) is 7.03. The highest BCUT2D eigenvalue weighted by Crippen LogP contribution is 2.28. The predicted molar refractivity (Wildman–Crippen MR) is 120 cm³/mol. The molecule has 0 saturated carbocycles. The van der Waals surface area contributed by atoms with E-state index in [-0.39, 0.29) is 0 Å². The summed E-state index contributed by atoms with van der Waals surface area (Å²) < 4.78 is 12.1. The molecule has 7 heteroatoms. The van der Waals surface area contributed by atoms with Crippen molar-refractivity contribution in [1.29, 1.82) is 0 Å². The van der Waals surface area contributed by atoms with Gasteiger partial charge in [-0.25, -0.2) is 4.79 Å². The van der Waals surface area contributed by atoms with Crippen LogP contribution < -0.4 is 20.7 Å². The first-order chi connectivity index (χ1) is 15.0. The third kappa shape index (κ3) is 4.40. The number of H-pyrrole nitrogens is 1. The molecular formula is C24H21N3O4. The van der Waals surface area contributed by atoms with Gasteiger partial charge in [-0.3, -0.25) is 4.79 Å². The molecule has 31 heavy (non-hydrogen) atoms. The summed E-state index contributed by atoms with van der Waals surface area (Å²) in [5.41, 5.74) is 2.26. The van der Waals surface area contributed by atoms with Crippen LogP contribution in [0.2, 0.25) is 0 Å². The third-order valence-electron chi connectivity index (χ3n) is 4.77. The van der Waals surface area contributed by atoms with E-state index in [2.05, 4.69) is 16.2 Å². The highest BCUT2D eigenvalue weighted by atomic mass is 16.5. The molecule has 156 valence electrons. The highest BCUT2D eigenvalue weighted by molar-refractivity contribution is 5.81. The molecule has 7 nitrogen and oxygen atoms in total. The molecule has 0 bridgehead atoms. The largest absolute Gasteiger partial charge is 0.493 e. The Hall–Kier alpha value is -4.13. The first kappa shape index (κ1) is 20.2. The fourth-order valence-electron chi connectivity index (χ4n) is 3.23. The summed E-state index contributed by atoms with van der Waals surface area (Å²) in [6, 6.07) is 20.2. The van der Waals surface area contributed by atoms with Crippen LogP contribution in [0.15, 0.2) is 81.4 Å². The van der Waals surface area contributed by atoms with E-state index in [1.807, 2.05) is 25.1 Å². The number of aromatic amines is 1. The van der Waals surface area contributed by atoms with Gasteiger partial charge in [-0.15, -0.1) is 4.68 Å². The monoisotopic (exact) mass is 415 g/mol. The summed E-state index contributed by atoms with van der Waals surface area (Å²) >= 11 is 0. The fraction of sp³-hybridized carbons (Fsp3) is 0.125. The minimum atomic E-state index is -0.606. The van der Waals surface area contributed by atoms with Gasteiger partial charge in [0.25, 0.3) is 5.56 Å². The van der Waals surface area contributed by atoms with Gasteiger partial charge >= 0.3 is 5.69 Å². The Kier molecular flexibility index (Phi) is 5.66. The number of rotatable bonds is 6. The van der Waals surface area contributed by atoms with Gasteiger partial charge < -0.3 is 14.5 Å². The molecule has 0 aliphatic carbocycles. The number of aromatic nitrogens is 2. The van der Waals surface area contributed by atoms with E-state index in [1.165, 1.54) is 11.8 Å². The zero-order chi connectivity index (χ0) is 21.8. The van der Waals surface area contributed by atoms with Crippen molar-refractivity contribution in [3.8, 4) is 11.5 Å². The van der Waals surface area contributed by atoms with Crippen LogP contribution in [0.25, 0.3) is 10.9 Å². The molecule has 0 fully saturated rings. The van der Waals surface area contributed by atoms with Crippen LogP contribution in [-0.2, 0) is 6.61 Å². The van der Waals surface area contributed by atoms with Gasteiger partial charge in [0.05, 0.1) is 24.2 Å². The molecule has 1 heterocycles. The summed E-state index contributed by atoms with van der Waals surface area (Å²) in [5, 5.41) is 4.46.